The van der Waals surface area contributed by atoms with Crippen LogP contribution in [-0.2, 0) is 11.3 Å². The Bertz CT molecular complexity index is 768. The monoisotopic (exact) mass is 469 g/mol. The van der Waals surface area contributed by atoms with E-state index < -0.39 is 0 Å². The highest BCUT2D eigenvalue weighted by molar-refractivity contribution is 14.0. The molecule has 5 nitrogen and oxygen atoms in total. The summed E-state index contributed by atoms with van der Waals surface area (Å²) in [7, 11) is 3.89. The maximum atomic E-state index is 5.94. The quantitative estimate of drug-likeness (QED) is 0.422. The van der Waals surface area contributed by atoms with E-state index >= 15 is 0 Å². The van der Waals surface area contributed by atoms with E-state index in [0.29, 0.717) is 24.6 Å². The third kappa shape index (κ3) is 3.22. The third-order valence-corrected chi connectivity index (χ3v) is 5.83. The van der Waals surface area contributed by atoms with E-state index in [1.165, 1.54) is 0 Å². The van der Waals surface area contributed by atoms with Crippen molar-refractivity contribution in [2.75, 3.05) is 20.7 Å². The Morgan fingerprint density at radius 2 is 2.12 bits per heavy atom. The smallest absolute Gasteiger partial charge is 0.194 e. The van der Waals surface area contributed by atoms with Crippen molar-refractivity contribution < 1.29 is 9.15 Å². The number of guanidine groups is 1. The number of para-hydroxylation sites is 1. The number of ether oxygens (including phenoxy) is 1. The first-order valence-corrected chi connectivity index (χ1v) is 9.04. The van der Waals surface area contributed by atoms with E-state index in [2.05, 4.69) is 48.2 Å². The van der Waals surface area contributed by atoms with Crippen LogP contribution in [0.15, 0.2) is 39.7 Å². The summed E-state index contributed by atoms with van der Waals surface area (Å²) < 4.78 is 11.8. The van der Waals surface area contributed by atoms with Gasteiger partial charge in [-0.1, -0.05) is 32.0 Å². The number of benzene rings is 1. The standard InChI is InChI=1S/C20H27N3O2.HI/c1-20(2)17(15-9-10-24-18(15)20)22-19(21-3)23(4)12-14-11-13-7-5-6-8-16(13)25-14;/h5-8,11,15,17-18H,9-10,12H2,1-4H3,(H,21,22);1H. The zero-order chi connectivity index (χ0) is 17.6. The van der Waals surface area contributed by atoms with Gasteiger partial charge in [-0.2, -0.15) is 0 Å². The van der Waals surface area contributed by atoms with E-state index in [9.17, 15) is 0 Å². The van der Waals surface area contributed by atoms with E-state index in [1.54, 1.807) is 0 Å². The van der Waals surface area contributed by atoms with Gasteiger partial charge in [-0.3, -0.25) is 4.99 Å². The molecule has 26 heavy (non-hydrogen) atoms. The van der Waals surface area contributed by atoms with Crippen LogP contribution in [0.2, 0.25) is 0 Å². The Kier molecular flexibility index (Phi) is 5.53. The number of nitrogens with zero attached hydrogens (tertiary/aromatic N) is 2. The summed E-state index contributed by atoms with van der Waals surface area (Å²) in [5.41, 5.74) is 1.07. The molecule has 1 saturated heterocycles. The summed E-state index contributed by atoms with van der Waals surface area (Å²) in [6, 6.07) is 10.6. The van der Waals surface area contributed by atoms with Crippen LogP contribution in [0.4, 0.5) is 0 Å². The lowest BCUT2D eigenvalue weighted by Crippen LogP contribution is -2.67. The van der Waals surface area contributed by atoms with Crippen molar-refractivity contribution in [3.05, 3.63) is 36.1 Å². The second-order valence-electron chi connectivity index (χ2n) is 7.84. The highest BCUT2D eigenvalue weighted by atomic mass is 127. The number of hydrogen-bond donors (Lipinski definition) is 1. The molecule has 0 radical (unpaired) electrons. The Morgan fingerprint density at radius 1 is 1.35 bits per heavy atom. The fourth-order valence-corrected chi connectivity index (χ4v) is 4.53. The number of rotatable bonds is 3. The van der Waals surface area contributed by atoms with Crippen molar-refractivity contribution in [2.45, 2.75) is 39.0 Å². The van der Waals surface area contributed by atoms with Gasteiger partial charge >= 0.3 is 0 Å². The van der Waals surface area contributed by atoms with Gasteiger partial charge in [0.2, 0.25) is 0 Å². The van der Waals surface area contributed by atoms with Crippen LogP contribution in [-0.4, -0.2) is 43.7 Å². The average molecular weight is 469 g/mol. The molecule has 3 atom stereocenters. The van der Waals surface area contributed by atoms with E-state index in [1.807, 2.05) is 25.2 Å². The van der Waals surface area contributed by atoms with Gasteiger partial charge in [-0.05, 0) is 18.6 Å². The lowest BCUT2D eigenvalue weighted by molar-refractivity contribution is -0.107. The molecule has 3 unspecified atom stereocenters. The Hall–Kier alpha value is -1.28. The topological polar surface area (TPSA) is 50.0 Å². The first kappa shape index (κ1) is 19.5. The minimum atomic E-state index is 0. The Labute approximate surface area is 172 Å². The van der Waals surface area contributed by atoms with Gasteiger partial charge in [0.05, 0.1) is 12.6 Å². The summed E-state index contributed by atoms with van der Waals surface area (Å²) >= 11 is 0. The molecule has 1 aliphatic carbocycles. The van der Waals surface area contributed by atoms with Crippen LogP contribution < -0.4 is 5.32 Å². The largest absolute Gasteiger partial charge is 0.459 e. The highest BCUT2D eigenvalue weighted by Crippen LogP contribution is 2.52. The number of fused-ring (bicyclic) bond motifs is 2. The third-order valence-electron chi connectivity index (χ3n) is 5.83. The highest BCUT2D eigenvalue weighted by Gasteiger charge is 2.59. The molecule has 142 valence electrons. The fourth-order valence-electron chi connectivity index (χ4n) is 4.53. The maximum Gasteiger partial charge on any atom is 0.194 e. The maximum absolute atomic E-state index is 5.94. The van der Waals surface area contributed by atoms with Crippen molar-refractivity contribution >= 4 is 40.9 Å². The van der Waals surface area contributed by atoms with Gasteiger partial charge in [-0.25, -0.2) is 0 Å². The molecule has 0 amide bonds. The van der Waals surface area contributed by atoms with Gasteiger partial charge < -0.3 is 19.4 Å². The lowest BCUT2D eigenvalue weighted by Gasteiger charge is -2.55. The Morgan fingerprint density at radius 3 is 2.85 bits per heavy atom. The normalized spacial score (nSPS) is 26.8. The van der Waals surface area contributed by atoms with Gasteiger partial charge in [0.15, 0.2) is 5.96 Å². The molecule has 2 heterocycles. The predicted octanol–water partition coefficient (Wildman–Crippen LogP) is 3.87. The van der Waals surface area contributed by atoms with Gasteiger partial charge in [0, 0.05) is 43.5 Å². The van der Waals surface area contributed by atoms with Crippen molar-refractivity contribution in [1.82, 2.24) is 10.2 Å². The van der Waals surface area contributed by atoms with E-state index in [4.69, 9.17) is 9.15 Å². The number of hydrogen-bond acceptors (Lipinski definition) is 3. The first-order chi connectivity index (χ1) is 12.0. The summed E-state index contributed by atoms with van der Waals surface area (Å²) in [5.74, 6) is 2.44. The van der Waals surface area contributed by atoms with Crippen molar-refractivity contribution in [2.24, 2.45) is 16.3 Å². The molecular formula is C20H28IN3O2. The second kappa shape index (κ2) is 7.38. The van der Waals surface area contributed by atoms with E-state index in [-0.39, 0.29) is 29.4 Å². The fraction of sp³-hybridized carbons (Fsp3) is 0.550. The van der Waals surface area contributed by atoms with Crippen LogP contribution >= 0.6 is 24.0 Å². The lowest BCUT2D eigenvalue weighted by atomic mass is 9.57. The predicted molar refractivity (Wildman–Crippen MR) is 115 cm³/mol. The minimum Gasteiger partial charge on any atom is -0.459 e. The van der Waals surface area contributed by atoms with Crippen LogP contribution in [0.5, 0.6) is 0 Å². The molecule has 4 rings (SSSR count). The Balaban J connectivity index is 0.00000196. The first-order valence-electron chi connectivity index (χ1n) is 9.04. The summed E-state index contributed by atoms with van der Waals surface area (Å²) in [6.45, 7) is 6.13. The van der Waals surface area contributed by atoms with Gasteiger partial charge in [0.1, 0.15) is 11.3 Å². The molecule has 1 aromatic carbocycles. The summed E-state index contributed by atoms with van der Waals surface area (Å²) in [4.78, 5) is 6.61. The van der Waals surface area contributed by atoms with Crippen LogP contribution in [0, 0.1) is 11.3 Å². The average Bonchev–Trinajstić information content (AvgIpc) is 3.20. The molecule has 2 aromatic rings. The van der Waals surface area contributed by atoms with E-state index in [0.717, 1.165) is 35.7 Å². The molecule has 1 aromatic heterocycles. The SMILES string of the molecule is CN=C(NC1C2CCOC2C1(C)C)N(C)Cc1cc2ccccc2o1.I. The zero-order valence-corrected chi connectivity index (χ0v) is 18.2. The number of halogens is 1. The molecule has 0 bridgehead atoms. The number of aliphatic imine (C=N–C) groups is 1. The summed E-state index contributed by atoms with van der Waals surface area (Å²) in [6.07, 6.45) is 1.51. The van der Waals surface area contributed by atoms with Gasteiger partial charge in [-0.15, -0.1) is 24.0 Å². The number of nitrogens with one attached hydrogen (secondary N) is 1. The molecule has 2 fully saturated rings. The van der Waals surface area contributed by atoms with Crippen molar-refractivity contribution in [3.63, 3.8) is 0 Å². The van der Waals surface area contributed by atoms with Crippen LogP contribution in [0.3, 0.4) is 0 Å². The molecule has 0 spiro atoms. The van der Waals surface area contributed by atoms with Crippen molar-refractivity contribution in [3.8, 4) is 0 Å². The minimum absolute atomic E-state index is 0. The van der Waals surface area contributed by atoms with Crippen LogP contribution in [0.25, 0.3) is 11.0 Å². The zero-order valence-electron chi connectivity index (χ0n) is 15.9. The molecule has 1 aliphatic heterocycles. The molecule has 2 aliphatic rings. The molecule has 1 N–H and O–H groups in total. The van der Waals surface area contributed by atoms with Gasteiger partial charge in [0.25, 0.3) is 0 Å². The molecule has 6 heteroatoms. The number of furan rings is 1. The second-order valence-corrected chi connectivity index (χ2v) is 7.84. The summed E-state index contributed by atoms with van der Waals surface area (Å²) in [5, 5.41) is 4.81. The van der Waals surface area contributed by atoms with Crippen molar-refractivity contribution in [1.29, 1.82) is 0 Å². The molecular weight excluding hydrogens is 441 g/mol. The molecule has 1 saturated carbocycles. The van der Waals surface area contributed by atoms with Crippen LogP contribution in [0.1, 0.15) is 26.0 Å².